The predicted molar refractivity (Wildman–Crippen MR) is 123 cm³/mol. The number of rotatable bonds is 8. The largest absolute Gasteiger partial charge is 0.409 e. The van der Waals surface area contributed by atoms with Gasteiger partial charge in [-0.3, -0.25) is 0 Å². The molecular weight excluding hydrogens is 433 g/mol. The van der Waals surface area contributed by atoms with Crippen molar-refractivity contribution in [3.05, 3.63) is 114 Å². The number of hydrogen-bond acceptors (Lipinski definition) is 2. The Bertz CT molecular complexity index is 1100. The van der Waals surface area contributed by atoms with Gasteiger partial charge in [0.15, 0.2) is 14.6 Å². The molecule has 0 unspecified atom stereocenters. The van der Waals surface area contributed by atoms with E-state index >= 15 is 0 Å². The normalized spacial score (nSPS) is 13.1. The molecule has 6 heteroatoms. The van der Waals surface area contributed by atoms with Crippen LogP contribution in [0.5, 0.6) is 0 Å². The molecular formula is C26H23F3O2S. The third-order valence-corrected chi connectivity index (χ3v) is 7.69. The van der Waals surface area contributed by atoms with E-state index in [9.17, 15) is 21.6 Å². The zero-order valence-corrected chi connectivity index (χ0v) is 18.1. The molecule has 166 valence electrons. The minimum absolute atomic E-state index is 0.349. The molecule has 0 aliphatic heterocycles. The number of hydrogen-bond donors (Lipinski definition) is 0. The van der Waals surface area contributed by atoms with Crippen molar-refractivity contribution >= 4 is 22.0 Å². The Morgan fingerprint density at radius 3 is 1.38 bits per heavy atom. The van der Waals surface area contributed by atoms with Gasteiger partial charge in [0.25, 0.3) is 0 Å². The van der Waals surface area contributed by atoms with Crippen LogP contribution in [-0.2, 0) is 9.84 Å². The van der Waals surface area contributed by atoms with Gasteiger partial charge in [-0.2, -0.15) is 13.2 Å². The van der Waals surface area contributed by atoms with Gasteiger partial charge in [0.05, 0.1) is 4.90 Å². The van der Waals surface area contributed by atoms with E-state index in [2.05, 4.69) is 0 Å². The van der Waals surface area contributed by atoms with Gasteiger partial charge in [-0.25, -0.2) is 8.42 Å². The topological polar surface area (TPSA) is 34.1 Å². The fraction of sp³-hybridized carbons (Fsp3) is 0.154. The summed E-state index contributed by atoms with van der Waals surface area (Å²) in [5, 5.41) is 0. The lowest BCUT2D eigenvalue weighted by atomic mass is 9.97. The zero-order chi connectivity index (χ0) is 23.1. The summed E-state index contributed by atoms with van der Waals surface area (Å²) < 4.78 is 67.5. The monoisotopic (exact) mass is 456 g/mol. The van der Waals surface area contributed by atoms with E-state index in [0.717, 1.165) is 0 Å². The van der Waals surface area contributed by atoms with E-state index < -0.39 is 33.6 Å². The molecule has 0 spiro atoms. The van der Waals surface area contributed by atoms with Crippen LogP contribution in [0.3, 0.4) is 0 Å². The Kier molecular flexibility index (Phi) is 7.36. The maximum absolute atomic E-state index is 14.6. The zero-order valence-electron chi connectivity index (χ0n) is 17.2. The molecule has 3 rings (SSSR count). The van der Waals surface area contributed by atoms with Crippen LogP contribution >= 0.6 is 0 Å². The first kappa shape index (κ1) is 23.5. The second kappa shape index (κ2) is 10.0. The van der Waals surface area contributed by atoms with Crippen LogP contribution in [0.2, 0.25) is 0 Å². The summed E-state index contributed by atoms with van der Waals surface area (Å²) in [6, 6.07) is 24.5. The van der Waals surface area contributed by atoms with Crippen molar-refractivity contribution in [2.24, 2.45) is 0 Å². The fourth-order valence-electron chi connectivity index (χ4n) is 3.41. The first-order valence-electron chi connectivity index (χ1n) is 10.1. The molecule has 0 saturated heterocycles. The van der Waals surface area contributed by atoms with E-state index in [1.807, 2.05) is 0 Å². The molecule has 0 fully saturated rings. The summed E-state index contributed by atoms with van der Waals surface area (Å²) in [6.07, 6.45) is -0.795. The highest BCUT2D eigenvalue weighted by Crippen LogP contribution is 2.46. The van der Waals surface area contributed by atoms with Gasteiger partial charge in [-0.15, -0.1) is 0 Å². The summed E-state index contributed by atoms with van der Waals surface area (Å²) in [4.78, 5) is -0.349. The summed E-state index contributed by atoms with van der Waals surface area (Å²) in [5.74, 6) is 0. The third-order valence-electron chi connectivity index (χ3n) is 5.20. The number of halogens is 3. The lowest BCUT2D eigenvalue weighted by molar-refractivity contribution is -0.160. The van der Waals surface area contributed by atoms with E-state index in [1.165, 1.54) is 48.6 Å². The van der Waals surface area contributed by atoms with Crippen LogP contribution in [0.15, 0.2) is 108 Å². The Morgan fingerprint density at radius 2 is 1.00 bits per heavy atom. The van der Waals surface area contributed by atoms with Gasteiger partial charge in [-0.1, -0.05) is 103 Å². The average molecular weight is 457 g/mol. The Balaban J connectivity index is 2.05. The molecule has 0 atom stereocenters. The van der Waals surface area contributed by atoms with Crippen molar-refractivity contribution in [1.82, 2.24) is 0 Å². The quantitative estimate of drug-likeness (QED) is 0.367. The van der Waals surface area contributed by atoms with Gasteiger partial charge >= 0.3 is 6.18 Å². The maximum Gasteiger partial charge on any atom is 0.409 e. The first-order chi connectivity index (χ1) is 15.3. The average Bonchev–Trinajstić information content (AvgIpc) is 2.79. The van der Waals surface area contributed by atoms with Crippen molar-refractivity contribution in [3.8, 4) is 0 Å². The van der Waals surface area contributed by atoms with Crippen LogP contribution in [-0.4, -0.2) is 19.3 Å². The molecule has 0 aliphatic rings. The van der Waals surface area contributed by atoms with Crippen molar-refractivity contribution in [1.29, 1.82) is 0 Å². The van der Waals surface area contributed by atoms with E-state index in [4.69, 9.17) is 0 Å². The molecule has 2 nitrogen and oxygen atoms in total. The first-order valence-corrected chi connectivity index (χ1v) is 11.5. The Hall–Kier alpha value is -3.12. The van der Waals surface area contributed by atoms with Gasteiger partial charge in [-0.05, 0) is 36.1 Å². The summed E-state index contributed by atoms with van der Waals surface area (Å²) in [6.45, 7) is 0. The van der Waals surface area contributed by atoms with Crippen molar-refractivity contribution in [2.75, 3.05) is 0 Å². The highest BCUT2D eigenvalue weighted by molar-refractivity contribution is 7.93. The second-order valence-corrected chi connectivity index (χ2v) is 9.60. The number of benzene rings is 3. The molecule has 0 radical (unpaired) electrons. The minimum Gasteiger partial charge on any atom is -0.223 e. The number of sulfone groups is 1. The number of allylic oxidation sites excluding steroid dienone is 2. The summed E-state index contributed by atoms with van der Waals surface area (Å²) >= 11 is 0. The smallest absolute Gasteiger partial charge is 0.223 e. The van der Waals surface area contributed by atoms with Gasteiger partial charge in [0, 0.05) is 0 Å². The van der Waals surface area contributed by atoms with E-state index in [0.29, 0.717) is 11.1 Å². The molecule has 3 aromatic rings. The Morgan fingerprint density at radius 1 is 0.625 bits per heavy atom. The molecule has 0 heterocycles. The lowest BCUT2D eigenvalue weighted by Gasteiger charge is -2.33. The van der Waals surface area contributed by atoms with Gasteiger partial charge < -0.3 is 0 Å². The molecule has 0 aliphatic carbocycles. The standard InChI is InChI=1S/C26H23F3O2S/c27-26(28,29)25(20-10-16-22-12-4-1-5-13-22,21-11-17-23-14-6-2-7-15-23)32(30,31)24-18-8-3-9-19-24/h1-19H,20-21H2/b16-10+,17-11+. The molecule has 0 aromatic heterocycles. The summed E-state index contributed by atoms with van der Waals surface area (Å²) in [5.41, 5.74) is 1.39. The highest BCUT2D eigenvalue weighted by atomic mass is 32.2. The van der Waals surface area contributed by atoms with Gasteiger partial charge in [0.2, 0.25) is 0 Å². The summed E-state index contributed by atoms with van der Waals surface area (Å²) in [7, 11) is -4.76. The van der Waals surface area contributed by atoms with Gasteiger partial charge in [0.1, 0.15) is 0 Å². The van der Waals surface area contributed by atoms with Crippen molar-refractivity contribution in [2.45, 2.75) is 28.7 Å². The molecule has 0 amide bonds. The van der Waals surface area contributed by atoms with Crippen LogP contribution in [0.4, 0.5) is 13.2 Å². The van der Waals surface area contributed by atoms with E-state index in [1.54, 1.807) is 66.7 Å². The fourth-order valence-corrected chi connectivity index (χ4v) is 5.31. The molecule has 3 aromatic carbocycles. The van der Waals surface area contributed by atoms with Crippen LogP contribution in [0, 0.1) is 0 Å². The van der Waals surface area contributed by atoms with Crippen molar-refractivity contribution < 1.29 is 21.6 Å². The second-order valence-electron chi connectivity index (χ2n) is 7.34. The molecule has 32 heavy (non-hydrogen) atoms. The molecule has 0 N–H and O–H groups in total. The maximum atomic E-state index is 14.6. The lowest BCUT2D eigenvalue weighted by Crippen LogP contribution is -2.51. The SMILES string of the molecule is O=S(=O)(c1ccccc1)C(C/C=C/c1ccccc1)(C/C=C/c1ccccc1)C(F)(F)F. The minimum atomic E-state index is -5.00. The number of alkyl halides is 3. The molecule has 0 saturated carbocycles. The Labute approximate surface area is 186 Å². The van der Waals surface area contributed by atoms with E-state index in [-0.39, 0.29) is 4.90 Å². The van der Waals surface area contributed by atoms with Crippen LogP contribution in [0.25, 0.3) is 12.2 Å². The predicted octanol–water partition coefficient (Wildman–Crippen LogP) is 6.97. The van der Waals surface area contributed by atoms with Crippen LogP contribution < -0.4 is 0 Å². The molecule has 0 bridgehead atoms. The highest BCUT2D eigenvalue weighted by Gasteiger charge is 2.62. The van der Waals surface area contributed by atoms with Crippen LogP contribution in [0.1, 0.15) is 24.0 Å². The van der Waals surface area contributed by atoms with Crippen molar-refractivity contribution in [3.63, 3.8) is 0 Å². The third kappa shape index (κ3) is 5.19.